The van der Waals surface area contributed by atoms with Crippen LogP contribution in [0.1, 0.15) is 15.9 Å². The number of carbonyl (C=O) groups is 1. The number of carboxylic acid groups (broad SMARTS) is 1. The smallest absolute Gasteiger partial charge is 0.419 e. The summed E-state index contributed by atoms with van der Waals surface area (Å²) in [6, 6.07) is 4.74. The SMILES string of the molecule is O=C(O)c1ccnc(Nc2ccc(F)c(C(F)(F)F)c2)c1. The quantitative estimate of drug-likeness (QED) is 0.849. The maximum atomic E-state index is 13.1. The average Bonchev–Trinajstić information content (AvgIpc) is 2.40. The van der Waals surface area contributed by atoms with Gasteiger partial charge < -0.3 is 10.4 Å². The van der Waals surface area contributed by atoms with Crippen LogP contribution in [0, 0.1) is 5.82 Å². The minimum Gasteiger partial charge on any atom is -0.478 e. The predicted octanol–water partition coefficient (Wildman–Crippen LogP) is 3.68. The highest BCUT2D eigenvalue weighted by Crippen LogP contribution is 2.33. The van der Waals surface area contributed by atoms with Gasteiger partial charge in [-0.25, -0.2) is 14.2 Å². The summed E-state index contributed by atoms with van der Waals surface area (Å²) in [6.45, 7) is 0. The largest absolute Gasteiger partial charge is 0.478 e. The second-order valence-corrected chi connectivity index (χ2v) is 4.05. The number of hydrogen-bond donors (Lipinski definition) is 2. The number of alkyl halides is 3. The Balaban J connectivity index is 2.32. The Labute approximate surface area is 116 Å². The maximum Gasteiger partial charge on any atom is 0.419 e. The molecule has 0 bridgehead atoms. The molecule has 0 unspecified atom stereocenters. The van der Waals surface area contributed by atoms with E-state index in [1.807, 2.05) is 0 Å². The van der Waals surface area contributed by atoms with Gasteiger partial charge in [-0.15, -0.1) is 0 Å². The summed E-state index contributed by atoms with van der Waals surface area (Å²) in [5, 5.41) is 11.3. The lowest BCUT2D eigenvalue weighted by atomic mass is 10.1. The van der Waals surface area contributed by atoms with Crippen molar-refractivity contribution in [3.8, 4) is 0 Å². The number of rotatable bonds is 3. The van der Waals surface area contributed by atoms with Crippen molar-refractivity contribution < 1.29 is 27.5 Å². The molecule has 1 heterocycles. The molecule has 2 aromatic rings. The number of carboxylic acids is 1. The van der Waals surface area contributed by atoms with E-state index in [4.69, 9.17) is 5.11 Å². The molecule has 1 aromatic carbocycles. The van der Waals surface area contributed by atoms with Crippen molar-refractivity contribution in [2.24, 2.45) is 0 Å². The van der Waals surface area contributed by atoms with Gasteiger partial charge in [0.2, 0.25) is 0 Å². The lowest BCUT2D eigenvalue weighted by Crippen LogP contribution is -2.09. The van der Waals surface area contributed by atoms with Crippen molar-refractivity contribution in [3.63, 3.8) is 0 Å². The van der Waals surface area contributed by atoms with Crippen LogP contribution in [0.15, 0.2) is 36.5 Å². The monoisotopic (exact) mass is 300 g/mol. The van der Waals surface area contributed by atoms with Gasteiger partial charge >= 0.3 is 12.1 Å². The van der Waals surface area contributed by atoms with Crippen molar-refractivity contribution >= 4 is 17.5 Å². The summed E-state index contributed by atoms with van der Waals surface area (Å²) in [5.74, 6) is -2.55. The molecule has 21 heavy (non-hydrogen) atoms. The number of hydrogen-bond acceptors (Lipinski definition) is 3. The minimum absolute atomic E-state index is 0.0367. The van der Waals surface area contributed by atoms with Crippen LogP contribution in [0.2, 0.25) is 0 Å². The molecule has 110 valence electrons. The third kappa shape index (κ3) is 3.47. The molecule has 0 fully saturated rings. The second-order valence-electron chi connectivity index (χ2n) is 4.05. The number of pyridine rings is 1. The fourth-order valence-electron chi connectivity index (χ4n) is 1.60. The molecule has 2 N–H and O–H groups in total. The van der Waals surface area contributed by atoms with Gasteiger partial charge in [-0.05, 0) is 30.3 Å². The van der Waals surface area contributed by atoms with E-state index in [1.54, 1.807) is 0 Å². The highest BCUT2D eigenvalue weighted by Gasteiger charge is 2.34. The molecule has 4 nitrogen and oxygen atoms in total. The number of nitrogens with one attached hydrogen (secondary N) is 1. The van der Waals surface area contributed by atoms with Gasteiger partial charge in [0.15, 0.2) is 0 Å². The normalized spacial score (nSPS) is 11.2. The van der Waals surface area contributed by atoms with E-state index in [2.05, 4.69) is 10.3 Å². The van der Waals surface area contributed by atoms with Crippen LogP contribution in [0.4, 0.5) is 29.1 Å². The third-order valence-electron chi connectivity index (χ3n) is 2.55. The first kappa shape index (κ1) is 14.8. The topological polar surface area (TPSA) is 62.2 Å². The average molecular weight is 300 g/mol. The first-order chi connectivity index (χ1) is 9.77. The number of nitrogens with zero attached hydrogens (tertiary/aromatic N) is 1. The van der Waals surface area contributed by atoms with Crippen LogP contribution in [0.3, 0.4) is 0 Å². The van der Waals surface area contributed by atoms with E-state index in [1.165, 1.54) is 12.3 Å². The number of halogens is 4. The summed E-state index contributed by atoms with van der Waals surface area (Å²) in [6.07, 6.45) is -3.63. The van der Waals surface area contributed by atoms with Crippen LogP contribution in [0.5, 0.6) is 0 Å². The standard InChI is InChI=1S/C13H8F4N2O2/c14-10-2-1-8(6-9(10)13(15,16)17)19-11-5-7(12(20)21)3-4-18-11/h1-6H,(H,18,19)(H,20,21). The van der Waals surface area contributed by atoms with Crippen molar-refractivity contribution in [2.45, 2.75) is 6.18 Å². The summed E-state index contributed by atoms with van der Waals surface area (Å²) < 4.78 is 50.9. The van der Waals surface area contributed by atoms with Crippen LogP contribution < -0.4 is 5.32 Å². The summed E-state index contributed by atoms with van der Waals surface area (Å²) >= 11 is 0. The first-order valence-electron chi connectivity index (χ1n) is 5.60. The van der Waals surface area contributed by atoms with E-state index in [0.29, 0.717) is 12.1 Å². The van der Waals surface area contributed by atoms with Crippen LogP contribution in [-0.4, -0.2) is 16.1 Å². The lowest BCUT2D eigenvalue weighted by Gasteiger charge is -2.11. The third-order valence-corrected chi connectivity index (χ3v) is 2.55. The minimum atomic E-state index is -4.82. The molecule has 0 saturated heterocycles. The van der Waals surface area contributed by atoms with Crippen LogP contribution >= 0.6 is 0 Å². The lowest BCUT2D eigenvalue weighted by molar-refractivity contribution is -0.139. The molecule has 0 aliphatic carbocycles. The van der Waals surface area contributed by atoms with Gasteiger partial charge in [-0.3, -0.25) is 0 Å². The molecule has 0 aliphatic rings. The van der Waals surface area contributed by atoms with Crippen molar-refractivity contribution in [1.29, 1.82) is 0 Å². The highest BCUT2D eigenvalue weighted by molar-refractivity contribution is 5.88. The summed E-state index contributed by atoms with van der Waals surface area (Å²) in [7, 11) is 0. The molecule has 0 radical (unpaired) electrons. The number of aromatic carboxylic acids is 1. The van der Waals surface area contributed by atoms with Crippen LogP contribution in [0.25, 0.3) is 0 Å². The second kappa shape index (κ2) is 5.39. The fraction of sp³-hybridized carbons (Fsp3) is 0.0769. The van der Waals surface area contributed by atoms with Gasteiger partial charge in [-0.2, -0.15) is 13.2 Å². The Kier molecular flexibility index (Phi) is 3.79. The molecule has 0 amide bonds. The van der Waals surface area contributed by atoms with Crippen molar-refractivity contribution in [3.05, 3.63) is 53.5 Å². The Morgan fingerprint density at radius 3 is 2.52 bits per heavy atom. The van der Waals surface area contributed by atoms with Gasteiger partial charge in [0, 0.05) is 11.9 Å². The zero-order valence-corrected chi connectivity index (χ0v) is 10.3. The molecule has 0 atom stereocenters. The first-order valence-corrected chi connectivity index (χ1v) is 5.60. The Morgan fingerprint density at radius 1 is 1.19 bits per heavy atom. The molecule has 0 saturated carbocycles. The number of benzene rings is 1. The van der Waals surface area contributed by atoms with Gasteiger partial charge in [0.1, 0.15) is 11.6 Å². The van der Waals surface area contributed by atoms with E-state index >= 15 is 0 Å². The molecule has 1 aromatic heterocycles. The zero-order chi connectivity index (χ0) is 15.6. The van der Waals surface area contributed by atoms with E-state index < -0.39 is 23.5 Å². The zero-order valence-electron chi connectivity index (χ0n) is 10.3. The van der Waals surface area contributed by atoms with E-state index in [0.717, 1.165) is 12.1 Å². The summed E-state index contributed by atoms with van der Waals surface area (Å²) in [5.41, 5.74) is -1.55. The number of aromatic nitrogens is 1. The highest BCUT2D eigenvalue weighted by atomic mass is 19.4. The molecule has 0 spiro atoms. The predicted molar refractivity (Wildman–Crippen MR) is 65.9 cm³/mol. The molecule has 0 aliphatic heterocycles. The fourth-order valence-corrected chi connectivity index (χ4v) is 1.60. The van der Waals surface area contributed by atoms with Gasteiger partial charge in [0.05, 0.1) is 11.1 Å². The maximum absolute atomic E-state index is 13.1. The number of anilines is 2. The van der Waals surface area contributed by atoms with Gasteiger partial charge in [0.25, 0.3) is 0 Å². The Bertz CT molecular complexity index is 686. The van der Waals surface area contributed by atoms with Crippen LogP contribution in [-0.2, 0) is 6.18 Å². The molecule has 8 heteroatoms. The van der Waals surface area contributed by atoms with E-state index in [9.17, 15) is 22.4 Å². The van der Waals surface area contributed by atoms with Crippen molar-refractivity contribution in [1.82, 2.24) is 4.98 Å². The van der Waals surface area contributed by atoms with E-state index in [-0.39, 0.29) is 17.1 Å². The van der Waals surface area contributed by atoms with Crippen molar-refractivity contribution in [2.75, 3.05) is 5.32 Å². The molecular formula is C13H8F4N2O2. The Morgan fingerprint density at radius 2 is 1.90 bits per heavy atom. The Hall–Kier alpha value is -2.64. The molecular weight excluding hydrogens is 292 g/mol. The summed E-state index contributed by atoms with van der Waals surface area (Å²) in [4.78, 5) is 14.6. The molecule has 2 rings (SSSR count). The van der Waals surface area contributed by atoms with Gasteiger partial charge in [-0.1, -0.05) is 0 Å².